The number of nitrogens with one attached hydrogen (secondary N) is 2. The molecule has 6 heteroatoms. The highest BCUT2D eigenvalue weighted by atomic mass is 16.2. The minimum Gasteiger partial charge on any atom is -0.352 e. The van der Waals surface area contributed by atoms with Gasteiger partial charge in [-0.2, -0.15) is 0 Å². The second-order valence-electron chi connectivity index (χ2n) is 4.04. The van der Waals surface area contributed by atoms with Gasteiger partial charge in [0.05, 0.1) is 13.1 Å². The largest absolute Gasteiger partial charge is 0.352 e. The van der Waals surface area contributed by atoms with Gasteiger partial charge in [-0.25, -0.2) is 0 Å². The molecule has 2 amide bonds. The van der Waals surface area contributed by atoms with Gasteiger partial charge in [0.15, 0.2) is 0 Å². The van der Waals surface area contributed by atoms with Gasteiger partial charge in [-0.15, -0.1) is 0 Å². The molecule has 0 spiro atoms. The van der Waals surface area contributed by atoms with E-state index in [2.05, 4.69) is 15.5 Å². The predicted octanol–water partition coefficient (Wildman–Crippen LogP) is -1.48. The zero-order valence-corrected chi connectivity index (χ0v) is 10.2. The summed E-state index contributed by atoms with van der Waals surface area (Å²) in [5.41, 5.74) is 5.09. The summed E-state index contributed by atoms with van der Waals surface area (Å²) >= 11 is 0. The van der Waals surface area contributed by atoms with Gasteiger partial charge in [-0.05, 0) is 34.0 Å². The van der Waals surface area contributed by atoms with E-state index in [1.165, 1.54) is 0 Å². The number of amides is 2. The van der Waals surface area contributed by atoms with E-state index >= 15 is 0 Å². The maximum atomic E-state index is 11.3. The highest BCUT2D eigenvalue weighted by molar-refractivity contribution is 5.85. The zero-order valence-electron chi connectivity index (χ0n) is 10.2. The summed E-state index contributed by atoms with van der Waals surface area (Å²) in [4.78, 5) is 24.2. The summed E-state index contributed by atoms with van der Waals surface area (Å²) in [7, 11) is 3.96. The third kappa shape index (κ3) is 8.19. The van der Waals surface area contributed by atoms with Crippen molar-refractivity contribution in [2.75, 3.05) is 33.7 Å². The minimum atomic E-state index is -0.323. The first-order chi connectivity index (χ1) is 7.45. The molecule has 0 saturated heterocycles. The quantitative estimate of drug-likeness (QED) is 0.497. The normalized spacial score (nSPS) is 12.3. The van der Waals surface area contributed by atoms with Gasteiger partial charge < -0.3 is 21.3 Å². The van der Waals surface area contributed by atoms with Crippen LogP contribution in [0.2, 0.25) is 0 Å². The Labute approximate surface area is 96.5 Å². The Morgan fingerprint density at radius 1 is 1.31 bits per heavy atom. The van der Waals surface area contributed by atoms with Crippen LogP contribution >= 0.6 is 0 Å². The highest BCUT2D eigenvalue weighted by Crippen LogP contribution is 1.91. The second kappa shape index (κ2) is 8.06. The van der Waals surface area contributed by atoms with E-state index in [0.717, 1.165) is 13.0 Å². The SMILES string of the molecule is CC(CCN(C)C)NC(=O)CNC(=O)CN. The Balaban J connectivity index is 3.66. The number of nitrogens with zero attached hydrogens (tertiary/aromatic N) is 1. The van der Waals surface area contributed by atoms with Gasteiger partial charge >= 0.3 is 0 Å². The minimum absolute atomic E-state index is 0.0116. The van der Waals surface area contributed by atoms with Crippen molar-refractivity contribution in [2.45, 2.75) is 19.4 Å². The molecule has 0 rings (SSSR count). The van der Waals surface area contributed by atoms with Gasteiger partial charge in [-0.1, -0.05) is 0 Å². The molecule has 0 heterocycles. The lowest BCUT2D eigenvalue weighted by Crippen LogP contribution is -2.43. The number of hydrogen-bond acceptors (Lipinski definition) is 4. The van der Waals surface area contributed by atoms with Crippen LogP contribution in [0.4, 0.5) is 0 Å². The van der Waals surface area contributed by atoms with E-state index in [9.17, 15) is 9.59 Å². The molecule has 0 radical (unpaired) electrons. The first kappa shape index (κ1) is 14.9. The van der Waals surface area contributed by atoms with Crippen molar-refractivity contribution in [3.05, 3.63) is 0 Å². The Morgan fingerprint density at radius 3 is 2.44 bits per heavy atom. The number of nitrogens with two attached hydrogens (primary N) is 1. The van der Waals surface area contributed by atoms with Crippen LogP contribution < -0.4 is 16.4 Å². The van der Waals surface area contributed by atoms with E-state index in [4.69, 9.17) is 5.73 Å². The Hall–Kier alpha value is -1.14. The number of carbonyl (C=O) groups is 2. The van der Waals surface area contributed by atoms with Crippen LogP contribution in [0.25, 0.3) is 0 Å². The van der Waals surface area contributed by atoms with Gasteiger partial charge in [0.25, 0.3) is 0 Å². The average Bonchev–Trinajstić information content (AvgIpc) is 2.23. The Bertz CT molecular complexity index is 231. The van der Waals surface area contributed by atoms with Crippen molar-refractivity contribution < 1.29 is 9.59 Å². The molecule has 1 unspecified atom stereocenters. The van der Waals surface area contributed by atoms with Crippen LogP contribution in [0.15, 0.2) is 0 Å². The van der Waals surface area contributed by atoms with Crippen LogP contribution in [0.3, 0.4) is 0 Å². The zero-order chi connectivity index (χ0) is 12.6. The van der Waals surface area contributed by atoms with Crippen LogP contribution in [0.5, 0.6) is 0 Å². The predicted molar refractivity (Wildman–Crippen MR) is 62.8 cm³/mol. The third-order valence-electron chi connectivity index (χ3n) is 2.05. The first-order valence-corrected chi connectivity index (χ1v) is 5.36. The van der Waals surface area contributed by atoms with Crippen molar-refractivity contribution in [1.82, 2.24) is 15.5 Å². The van der Waals surface area contributed by atoms with Gasteiger partial charge in [0.1, 0.15) is 0 Å². The van der Waals surface area contributed by atoms with Crippen molar-refractivity contribution in [2.24, 2.45) is 5.73 Å². The maximum Gasteiger partial charge on any atom is 0.239 e. The lowest BCUT2D eigenvalue weighted by Gasteiger charge is -2.16. The standard InChI is InChI=1S/C10H22N4O2/c1-8(4-5-14(2)3)13-10(16)7-12-9(15)6-11/h8H,4-7,11H2,1-3H3,(H,12,15)(H,13,16). The van der Waals surface area contributed by atoms with E-state index < -0.39 is 0 Å². The molecule has 4 N–H and O–H groups in total. The smallest absolute Gasteiger partial charge is 0.239 e. The topological polar surface area (TPSA) is 87.5 Å². The third-order valence-corrected chi connectivity index (χ3v) is 2.05. The molecule has 94 valence electrons. The fraction of sp³-hybridized carbons (Fsp3) is 0.800. The average molecular weight is 230 g/mol. The number of hydrogen-bond donors (Lipinski definition) is 3. The van der Waals surface area contributed by atoms with Crippen molar-refractivity contribution in [3.8, 4) is 0 Å². The van der Waals surface area contributed by atoms with Crippen LogP contribution in [0, 0.1) is 0 Å². The Morgan fingerprint density at radius 2 is 1.94 bits per heavy atom. The summed E-state index contributed by atoms with van der Waals surface area (Å²) in [6.07, 6.45) is 0.879. The monoisotopic (exact) mass is 230 g/mol. The molecule has 0 bridgehead atoms. The summed E-state index contributed by atoms with van der Waals surface area (Å²) in [6, 6.07) is 0.102. The van der Waals surface area contributed by atoms with Crippen LogP contribution in [-0.2, 0) is 9.59 Å². The first-order valence-electron chi connectivity index (χ1n) is 5.36. The summed E-state index contributed by atoms with van der Waals surface area (Å²) in [6.45, 7) is 2.74. The van der Waals surface area contributed by atoms with Gasteiger partial charge in [0, 0.05) is 6.04 Å². The molecule has 1 atom stereocenters. The molecule has 0 aromatic carbocycles. The molecule has 0 fully saturated rings. The molecule has 0 aliphatic carbocycles. The fourth-order valence-corrected chi connectivity index (χ4v) is 1.10. The summed E-state index contributed by atoms with van der Waals surface area (Å²) < 4.78 is 0. The second-order valence-corrected chi connectivity index (χ2v) is 4.04. The summed E-state index contributed by atoms with van der Waals surface area (Å²) in [5, 5.41) is 5.21. The molecule has 0 aliphatic heterocycles. The van der Waals surface area contributed by atoms with Crippen molar-refractivity contribution >= 4 is 11.8 Å². The number of rotatable bonds is 7. The fourth-order valence-electron chi connectivity index (χ4n) is 1.10. The summed E-state index contributed by atoms with van der Waals surface area (Å²) in [5.74, 6) is -0.510. The molecule has 16 heavy (non-hydrogen) atoms. The van der Waals surface area contributed by atoms with E-state index in [1.54, 1.807) is 0 Å². The molecule has 0 saturated carbocycles. The van der Waals surface area contributed by atoms with Gasteiger partial charge in [-0.3, -0.25) is 9.59 Å². The van der Waals surface area contributed by atoms with Crippen LogP contribution in [0.1, 0.15) is 13.3 Å². The van der Waals surface area contributed by atoms with E-state index in [1.807, 2.05) is 21.0 Å². The molecule has 0 aromatic rings. The maximum absolute atomic E-state index is 11.3. The van der Waals surface area contributed by atoms with Crippen LogP contribution in [-0.4, -0.2) is 56.5 Å². The number of carbonyl (C=O) groups excluding carboxylic acids is 2. The molecule has 6 nitrogen and oxygen atoms in total. The molecule has 0 aromatic heterocycles. The van der Waals surface area contributed by atoms with E-state index in [0.29, 0.717) is 0 Å². The van der Waals surface area contributed by atoms with E-state index in [-0.39, 0.29) is 30.9 Å². The Kier molecular flexibility index (Phi) is 7.49. The lowest BCUT2D eigenvalue weighted by molar-refractivity contribution is -0.125. The molecular weight excluding hydrogens is 208 g/mol. The highest BCUT2D eigenvalue weighted by Gasteiger charge is 2.08. The molecular formula is C10H22N4O2. The lowest BCUT2D eigenvalue weighted by atomic mass is 10.2. The van der Waals surface area contributed by atoms with Crippen molar-refractivity contribution in [1.29, 1.82) is 0 Å². The van der Waals surface area contributed by atoms with Gasteiger partial charge in [0.2, 0.25) is 11.8 Å². The molecule has 0 aliphatic rings. The van der Waals surface area contributed by atoms with Crippen molar-refractivity contribution in [3.63, 3.8) is 0 Å².